The Morgan fingerprint density at radius 1 is 1.12 bits per heavy atom. The van der Waals surface area contributed by atoms with Gasteiger partial charge in [0, 0.05) is 17.8 Å². The molecule has 0 fully saturated rings. The van der Waals surface area contributed by atoms with Gasteiger partial charge in [-0.3, -0.25) is 9.67 Å². The number of nitrogens with two attached hydrogens (primary N) is 1. The minimum Gasteiger partial charge on any atom is -0.382 e. The third-order valence-electron chi connectivity index (χ3n) is 2.73. The minimum atomic E-state index is 0.545. The normalized spacial score (nSPS) is 10.8. The highest BCUT2D eigenvalue weighted by atomic mass is 15.3. The lowest BCUT2D eigenvalue weighted by molar-refractivity contribution is 0.693. The quantitative estimate of drug-likeness (QED) is 0.724. The van der Waals surface area contributed by atoms with Gasteiger partial charge < -0.3 is 5.73 Å². The Morgan fingerprint density at radius 3 is 2.82 bits per heavy atom. The summed E-state index contributed by atoms with van der Waals surface area (Å²) in [5.74, 6) is 0.545. The van der Waals surface area contributed by atoms with Crippen LogP contribution in [-0.2, 0) is 6.54 Å². The van der Waals surface area contributed by atoms with Gasteiger partial charge in [-0.1, -0.05) is 18.2 Å². The van der Waals surface area contributed by atoms with Gasteiger partial charge in [0.25, 0.3) is 0 Å². The molecule has 84 valence electrons. The highest BCUT2D eigenvalue weighted by Gasteiger charge is 2.02. The first-order valence-corrected chi connectivity index (χ1v) is 5.44. The van der Waals surface area contributed by atoms with Crippen molar-refractivity contribution >= 4 is 16.7 Å². The summed E-state index contributed by atoms with van der Waals surface area (Å²) < 4.78 is 1.83. The maximum Gasteiger partial charge on any atom is 0.145 e. The first-order valence-electron chi connectivity index (χ1n) is 5.44. The summed E-state index contributed by atoms with van der Waals surface area (Å²) in [4.78, 5) is 4.33. The third-order valence-corrected chi connectivity index (χ3v) is 2.73. The first-order chi connectivity index (χ1) is 8.33. The summed E-state index contributed by atoms with van der Waals surface area (Å²) in [6, 6.07) is 11.9. The predicted octanol–water partition coefficient (Wildman–Crippen LogP) is 2.06. The lowest BCUT2D eigenvalue weighted by Gasteiger charge is -2.05. The maximum atomic E-state index is 5.60. The lowest BCUT2D eigenvalue weighted by atomic mass is 10.1. The van der Waals surface area contributed by atoms with E-state index in [0.29, 0.717) is 12.4 Å². The summed E-state index contributed by atoms with van der Waals surface area (Å²) in [7, 11) is 0. The molecule has 0 radical (unpaired) electrons. The summed E-state index contributed by atoms with van der Waals surface area (Å²) >= 11 is 0. The van der Waals surface area contributed by atoms with Crippen LogP contribution in [0.15, 0.2) is 48.8 Å². The van der Waals surface area contributed by atoms with Gasteiger partial charge in [0.15, 0.2) is 0 Å². The molecule has 0 saturated carbocycles. The summed E-state index contributed by atoms with van der Waals surface area (Å²) in [5.41, 5.74) is 7.80. The molecule has 0 aliphatic rings. The number of rotatable bonds is 2. The van der Waals surface area contributed by atoms with Crippen molar-refractivity contribution in [3.05, 3.63) is 54.4 Å². The minimum absolute atomic E-state index is 0.545. The second-order valence-corrected chi connectivity index (χ2v) is 3.93. The average Bonchev–Trinajstić information content (AvgIpc) is 2.75. The van der Waals surface area contributed by atoms with E-state index in [-0.39, 0.29) is 0 Å². The molecule has 3 rings (SSSR count). The number of para-hydroxylation sites is 1. The fourth-order valence-corrected chi connectivity index (χ4v) is 1.93. The van der Waals surface area contributed by atoms with Crippen LogP contribution in [0.5, 0.6) is 0 Å². The van der Waals surface area contributed by atoms with Crippen molar-refractivity contribution in [2.75, 3.05) is 5.73 Å². The van der Waals surface area contributed by atoms with Crippen molar-refractivity contribution in [2.45, 2.75) is 6.54 Å². The van der Waals surface area contributed by atoms with E-state index >= 15 is 0 Å². The molecule has 0 atom stereocenters. The summed E-state index contributed by atoms with van der Waals surface area (Å²) in [6.45, 7) is 0.709. The second kappa shape index (κ2) is 3.90. The van der Waals surface area contributed by atoms with Crippen LogP contribution in [0.4, 0.5) is 5.82 Å². The van der Waals surface area contributed by atoms with Gasteiger partial charge in [-0.05, 0) is 23.8 Å². The van der Waals surface area contributed by atoms with Crippen molar-refractivity contribution in [1.29, 1.82) is 0 Å². The van der Waals surface area contributed by atoms with E-state index in [0.717, 1.165) is 10.9 Å². The molecule has 0 saturated heterocycles. The topological polar surface area (TPSA) is 56.7 Å². The molecule has 2 heterocycles. The Morgan fingerprint density at radius 2 is 2.00 bits per heavy atom. The second-order valence-electron chi connectivity index (χ2n) is 3.93. The van der Waals surface area contributed by atoms with Crippen molar-refractivity contribution in [3.63, 3.8) is 0 Å². The van der Waals surface area contributed by atoms with Crippen LogP contribution in [0.2, 0.25) is 0 Å². The van der Waals surface area contributed by atoms with Crippen LogP contribution in [-0.4, -0.2) is 14.8 Å². The van der Waals surface area contributed by atoms with Crippen LogP contribution in [0.1, 0.15) is 5.56 Å². The zero-order valence-electron chi connectivity index (χ0n) is 9.24. The van der Waals surface area contributed by atoms with Gasteiger partial charge in [-0.25, -0.2) is 0 Å². The molecule has 3 aromatic rings. The monoisotopic (exact) mass is 224 g/mol. The molecule has 0 amide bonds. The number of fused-ring (bicyclic) bond motifs is 1. The fourth-order valence-electron chi connectivity index (χ4n) is 1.93. The first kappa shape index (κ1) is 9.84. The molecule has 4 nitrogen and oxygen atoms in total. The molecule has 0 aliphatic heterocycles. The number of nitrogen functional groups attached to an aromatic ring is 1. The maximum absolute atomic E-state index is 5.60. The van der Waals surface area contributed by atoms with E-state index in [1.54, 1.807) is 6.07 Å². The molecule has 0 spiro atoms. The SMILES string of the molecule is Nc1ccn(Cc2ccnc3ccccc23)n1. The lowest BCUT2D eigenvalue weighted by Crippen LogP contribution is -2.02. The number of benzene rings is 1. The summed E-state index contributed by atoms with van der Waals surface area (Å²) in [6.07, 6.45) is 3.70. The standard InChI is InChI=1S/C13H12N4/c14-13-6-8-17(16-13)9-10-5-7-15-12-4-2-1-3-11(10)12/h1-8H,9H2,(H2,14,16). The largest absolute Gasteiger partial charge is 0.382 e. The van der Waals surface area contributed by atoms with Gasteiger partial charge in [-0.2, -0.15) is 5.10 Å². The molecule has 2 aromatic heterocycles. The highest BCUT2D eigenvalue weighted by Crippen LogP contribution is 2.17. The van der Waals surface area contributed by atoms with Gasteiger partial charge in [0.1, 0.15) is 5.82 Å². The molecule has 17 heavy (non-hydrogen) atoms. The fraction of sp³-hybridized carbons (Fsp3) is 0.0769. The van der Waals surface area contributed by atoms with Crippen LogP contribution in [0, 0.1) is 0 Å². The third kappa shape index (κ3) is 1.85. The molecule has 0 aliphatic carbocycles. The van der Waals surface area contributed by atoms with Crippen molar-refractivity contribution in [2.24, 2.45) is 0 Å². The number of nitrogens with zero attached hydrogens (tertiary/aromatic N) is 3. The van der Waals surface area contributed by atoms with E-state index in [9.17, 15) is 0 Å². The van der Waals surface area contributed by atoms with E-state index in [1.165, 1.54) is 5.56 Å². The number of hydrogen-bond acceptors (Lipinski definition) is 3. The molecular formula is C13H12N4. The molecule has 0 unspecified atom stereocenters. The van der Waals surface area contributed by atoms with Gasteiger partial charge in [0.05, 0.1) is 12.1 Å². The summed E-state index contributed by atoms with van der Waals surface area (Å²) in [5, 5.41) is 5.34. The number of anilines is 1. The van der Waals surface area contributed by atoms with E-state index in [4.69, 9.17) is 5.73 Å². The van der Waals surface area contributed by atoms with Crippen LogP contribution in [0.25, 0.3) is 10.9 Å². The zero-order chi connectivity index (χ0) is 11.7. The molecule has 1 aromatic carbocycles. The molecular weight excluding hydrogens is 212 g/mol. The van der Waals surface area contributed by atoms with Gasteiger partial charge in [-0.15, -0.1) is 0 Å². The van der Waals surface area contributed by atoms with Crippen molar-refractivity contribution in [3.8, 4) is 0 Å². The van der Waals surface area contributed by atoms with E-state index < -0.39 is 0 Å². The van der Waals surface area contributed by atoms with Crippen LogP contribution in [0.3, 0.4) is 0 Å². The highest BCUT2D eigenvalue weighted by molar-refractivity contribution is 5.81. The Labute approximate surface area is 98.7 Å². The smallest absolute Gasteiger partial charge is 0.145 e. The van der Waals surface area contributed by atoms with Crippen LogP contribution >= 0.6 is 0 Å². The zero-order valence-corrected chi connectivity index (χ0v) is 9.24. The Hall–Kier alpha value is -2.36. The Kier molecular flexibility index (Phi) is 2.26. The van der Waals surface area contributed by atoms with Gasteiger partial charge in [0.2, 0.25) is 0 Å². The number of hydrogen-bond donors (Lipinski definition) is 1. The number of pyridine rings is 1. The molecule has 0 bridgehead atoms. The average molecular weight is 224 g/mol. The van der Waals surface area contributed by atoms with Gasteiger partial charge >= 0.3 is 0 Å². The van der Waals surface area contributed by atoms with Crippen molar-refractivity contribution < 1.29 is 0 Å². The number of aromatic nitrogens is 3. The molecule has 2 N–H and O–H groups in total. The Bertz CT molecular complexity index is 652. The van der Waals surface area contributed by atoms with E-state index in [2.05, 4.69) is 16.1 Å². The van der Waals surface area contributed by atoms with E-state index in [1.807, 2.05) is 41.3 Å². The Balaban J connectivity index is 2.05. The molecule has 4 heteroatoms. The van der Waals surface area contributed by atoms with Crippen LogP contribution < -0.4 is 5.73 Å². The predicted molar refractivity (Wildman–Crippen MR) is 67.5 cm³/mol. The van der Waals surface area contributed by atoms with Crippen molar-refractivity contribution in [1.82, 2.24) is 14.8 Å².